The lowest BCUT2D eigenvalue weighted by Crippen LogP contribution is -2.42. The van der Waals surface area contributed by atoms with Gasteiger partial charge < -0.3 is 15.5 Å². The Hall–Kier alpha value is -3.12. The number of carbonyl (C=O) groups is 1. The molecule has 0 radical (unpaired) electrons. The smallest absolute Gasteiger partial charge is 0.224 e. The highest BCUT2D eigenvalue weighted by atomic mass is 16.1. The van der Waals surface area contributed by atoms with Crippen molar-refractivity contribution in [1.29, 1.82) is 0 Å². The standard InChI is InChI=1S/C28H35N5O/c34-28(19-22-6-1-2-7-22)31-25-9-4-10-26(20-25)32-16-12-24(13-17-32)29-21-23-8-3-11-27(18-23)33-15-5-14-30-33/h3-5,8-11,14-15,18,20,22,24,29H,1-2,6-7,12-13,16-17,19,21H2,(H,31,34). The average molecular weight is 458 g/mol. The fourth-order valence-corrected chi connectivity index (χ4v) is 5.30. The fraction of sp³-hybridized carbons (Fsp3) is 0.429. The first-order chi connectivity index (χ1) is 16.7. The van der Waals surface area contributed by atoms with Gasteiger partial charge in [0, 0.05) is 55.9 Å². The molecule has 34 heavy (non-hydrogen) atoms. The minimum Gasteiger partial charge on any atom is -0.371 e. The predicted molar refractivity (Wildman–Crippen MR) is 137 cm³/mol. The van der Waals surface area contributed by atoms with Gasteiger partial charge in [-0.25, -0.2) is 4.68 Å². The van der Waals surface area contributed by atoms with E-state index in [1.807, 2.05) is 23.0 Å². The number of anilines is 2. The molecule has 0 atom stereocenters. The lowest BCUT2D eigenvalue weighted by molar-refractivity contribution is -0.117. The van der Waals surface area contributed by atoms with Gasteiger partial charge in [-0.3, -0.25) is 4.79 Å². The molecule has 2 fully saturated rings. The van der Waals surface area contributed by atoms with E-state index in [1.54, 1.807) is 6.20 Å². The second-order valence-corrected chi connectivity index (χ2v) is 9.72. The monoisotopic (exact) mass is 457 g/mol. The van der Waals surface area contributed by atoms with E-state index in [0.29, 0.717) is 18.4 Å². The van der Waals surface area contributed by atoms with Crippen molar-refractivity contribution in [3.05, 3.63) is 72.6 Å². The molecule has 1 saturated heterocycles. The van der Waals surface area contributed by atoms with Crippen LogP contribution in [0.5, 0.6) is 0 Å². The predicted octanol–water partition coefficient (Wildman–Crippen LogP) is 5.15. The molecule has 0 bridgehead atoms. The molecule has 3 aromatic rings. The zero-order chi connectivity index (χ0) is 23.2. The number of nitrogens with one attached hydrogen (secondary N) is 2. The molecular formula is C28H35N5O. The average Bonchev–Trinajstić information content (AvgIpc) is 3.58. The second-order valence-electron chi connectivity index (χ2n) is 9.72. The van der Waals surface area contributed by atoms with Gasteiger partial charge in [-0.05, 0) is 73.6 Å². The first kappa shape index (κ1) is 22.7. The molecule has 2 N–H and O–H groups in total. The molecule has 0 spiro atoms. The third-order valence-electron chi connectivity index (χ3n) is 7.21. The summed E-state index contributed by atoms with van der Waals surface area (Å²) in [6, 6.07) is 19.3. The van der Waals surface area contributed by atoms with Crippen molar-refractivity contribution in [1.82, 2.24) is 15.1 Å². The molecule has 5 rings (SSSR count). The number of rotatable bonds is 8. The number of hydrogen-bond donors (Lipinski definition) is 2. The number of piperidine rings is 1. The first-order valence-electron chi connectivity index (χ1n) is 12.7. The molecule has 6 nitrogen and oxygen atoms in total. The lowest BCUT2D eigenvalue weighted by Gasteiger charge is -2.34. The quantitative estimate of drug-likeness (QED) is 0.491. The Morgan fingerprint density at radius 2 is 1.74 bits per heavy atom. The highest BCUT2D eigenvalue weighted by Crippen LogP contribution is 2.28. The number of benzene rings is 2. The third kappa shape index (κ3) is 5.86. The third-order valence-corrected chi connectivity index (χ3v) is 7.21. The Kier molecular flexibility index (Phi) is 7.25. The van der Waals surface area contributed by atoms with Crippen molar-refractivity contribution in [2.75, 3.05) is 23.3 Å². The molecule has 178 valence electrons. The van der Waals surface area contributed by atoms with E-state index in [0.717, 1.165) is 43.9 Å². The van der Waals surface area contributed by atoms with Crippen LogP contribution in [0, 0.1) is 5.92 Å². The summed E-state index contributed by atoms with van der Waals surface area (Å²) < 4.78 is 1.90. The maximum atomic E-state index is 12.4. The summed E-state index contributed by atoms with van der Waals surface area (Å²) in [5.41, 5.74) is 4.48. The zero-order valence-corrected chi connectivity index (χ0v) is 19.8. The Morgan fingerprint density at radius 3 is 2.53 bits per heavy atom. The van der Waals surface area contributed by atoms with E-state index >= 15 is 0 Å². The molecule has 2 aromatic carbocycles. The molecule has 1 amide bonds. The van der Waals surface area contributed by atoms with E-state index in [4.69, 9.17) is 0 Å². The van der Waals surface area contributed by atoms with Gasteiger partial charge >= 0.3 is 0 Å². The molecule has 2 heterocycles. The Labute approximate surface area is 202 Å². The van der Waals surface area contributed by atoms with Gasteiger partial charge in [0.1, 0.15) is 0 Å². The summed E-state index contributed by atoms with van der Waals surface area (Å²) in [6.45, 7) is 2.90. The minimum atomic E-state index is 0.156. The maximum Gasteiger partial charge on any atom is 0.224 e. The van der Waals surface area contributed by atoms with E-state index in [9.17, 15) is 4.79 Å². The van der Waals surface area contributed by atoms with Crippen molar-refractivity contribution >= 4 is 17.3 Å². The van der Waals surface area contributed by atoms with Crippen molar-refractivity contribution in [2.24, 2.45) is 5.92 Å². The minimum absolute atomic E-state index is 0.156. The van der Waals surface area contributed by atoms with Gasteiger partial charge in [-0.15, -0.1) is 0 Å². The Balaban J connectivity index is 1.10. The molecule has 1 aliphatic heterocycles. The number of amides is 1. The molecule has 1 aliphatic carbocycles. The molecule has 6 heteroatoms. The Morgan fingerprint density at radius 1 is 0.941 bits per heavy atom. The van der Waals surface area contributed by atoms with Crippen LogP contribution < -0.4 is 15.5 Å². The van der Waals surface area contributed by atoms with Crippen LogP contribution >= 0.6 is 0 Å². The lowest BCUT2D eigenvalue weighted by atomic mass is 10.0. The molecular weight excluding hydrogens is 422 g/mol. The summed E-state index contributed by atoms with van der Waals surface area (Å²) in [5, 5.41) is 11.2. The van der Waals surface area contributed by atoms with Crippen LogP contribution in [0.15, 0.2) is 67.0 Å². The Bertz CT molecular complexity index is 1070. The number of hydrogen-bond acceptors (Lipinski definition) is 4. The number of aromatic nitrogens is 2. The highest BCUT2D eigenvalue weighted by Gasteiger charge is 2.21. The maximum absolute atomic E-state index is 12.4. The summed E-state index contributed by atoms with van der Waals surface area (Å²) >= 11 is 0. The molecule has 1 saturated carbocycles. The summed E-state index contributed by atoms with van der Waals surface area (Å²) in [5.74, 6) is 0.728. The summed E-state index contributed by atoms with van der Waals surface area (Å²) in [4.78, 5) is 14.9. The molecule has 0 unspecified atom stereocenters. The highest BCUT2D eigenvalue weighted by molar-refractivity contribution is 5.91. The van der Waals surface area contributed by atoms with E-state index < -0.39 is 0 Å². The van der Waals surface area contributed by atoms with E-state index in [2.05, 4.69) is 63.1 Å². The zero-order valence-electron chi connectivity index (χ0n) is 19.8. The van der Waals surface area contributed by atoms with Crippen molar-refractivity contribution in [2.45, 2.75) is 57.5 Å². The van der Waals surface area contributed by atoms with Crippen LogP contribution in [0.2, 0.25) is 0 Å². The number of carbonyl (C=O) groups excluding carboxylic acids is 1. The topological polar surface area (TPSA) is 62.2 Å². The summed E-state index contributed by atoms with van der Waals surface area (Å²) in [6.07, 6.45) is 11.6. The van der Waals surface area contributed by atoms with Crippen LogP contribution in [0.3, 0.4) is 0 Å². The van der Waals surface area contributed by atoms with Gasteiger partial charge in [0.25, 0.3) is 0 Å². The summed E-state index contributed by atoms with van der Waals surface area (Å²) in [7, 11) is 0. The van der Waals surface area contributed by atoms with Gasteiger partial charge in [0.2, 0.25) is 5.91 Å². The fourth-order valence-electron chi connectivity index (χ4n) is 5.30. The van der Waals surface area contributed by atoms with Crippen molar-refractivity contribution in [3.8, 4) is 5.69 Å². The van der Waals surface area contributed by atoms with Crippen LogP contribution in [0.1, 0.15) is 50.5 Å². The van der Waals surface area contributed by atoms with Crippen LogP contribution in [-0.4, -0.2) is 34.8 Å². The normalized spacial score (nSPS) is 17.2. The van der Waals surface area contributed by atoms with Gasteiger partial charge in [-0.2, -0.15) is 5.10 Å². The first-order valence-corrected chi connectivity index (χ1v) is 12.7. The van der Waals surface area contributed by atoms with Crippen molar-refractivity contribution in [3.63, 3.8) is 0 Å². The van der Waals surface area contributed by atoms with Crippen LogP contribution in [0.25, 0.3) is 5.69 Å². The van der Waals surface area contributed by atoms with Crippen LogP contribution in [0.4, 0.5) is 11.4 Å². The van der Waals surface area contributed by atoms with Crippen LogP contribution in [-0.2, 0) is 11.3 Å². The second kappa shape index (κ2) is 10.9. The largest absolute Gasteiger partial charge is 0.371 e. The van der Waals surface area contributed by atoms with Gasteiger partial charge in [0.15, 0.2) is 0 Å². The van der Waals surface area contributed by atoms with Gasteiger partial charge in [0.05, 0.1) is 5.69 Å². The molecule has 2 aliphatic rings. The SMILES string of the molecule is O=C(CC1CCCC1)Nc1cccc(N2CCC(NCc3cccc(-n4cccn4)c3)CC2)c1. The van der Waals surface area contributed by atoms with E-state index in [-0.39, 0.29) is 5.91 Å². The van der Waals surface area contributed by atoms with E-state index in [1.165, 1.54) is 36.9 Å². The van der Waals surface area contributed by atoms with Gasteiger partial charge in [-0.1, -0.05) is 31.0 Å². The molecule has 1 aromatic heterocycles. The van der Waals surface area contributed by atoms with Crippen molar-refractivity contribution < 1.29 is 4.79 Å². The number of nitrogens with zero attached hydrogens (tertiary/aromatic N) is 3.